The first-order chi connectivity index (χ1) is 7.86. The number of fused-ring (bicyclic) bond motifs is 1. The first-order valence-corrected chi connectivity index (χ1v) is 6.11. The van der Waals surface area contributed by atoms with Gasteiger partial charge in [-0.1, -0.05) is 6.42 Å². The Morgan fingerprint density at radius 1 is 1.19 bits per heavy atom. The summed E-state index contributed by atoms with van der Waals surface area (Å²) in [6.07, 6.45) is 4.79. The zero-order valence-corrected chi connectivity index (χ0v) is 9.43. The van der Waals surface area contributed by atoms with E-state index in [9.17, 15) is 0 Å². The number of nitrogens with zero attached hydrogens (tertiary/aromatic N) is 3. The van der Waals surface area contributed by atoms with E-state index in [1.54, 1.807) is 0 Å². The molecule has 1 aromatic heterocycles. The van der Waals surface area contributed by atoms with Crippen molar-refractivity contribution in [1.29, 1.82) is 0 Å². The van der Waals surface area contributed by atoms with Crippen LogP contribution in [0.4, 0.5) is 0 Å². The summed E-state index contributed by atoms with van der Waals surface area (Å²) in [5.41, 5.74) is 6.04. The van der Waals surface area contributed by atoms with Crippen molar-refractivity contribution in [2.75, 3.05) is 13.2 Å². The fraction of sp³-hybridized carbons (Fsp3) is 0.818. The fourth-order valence-corrected chi connectivity index (χ4v) is 2.62. The molecule has 3 rings (SSSR count). The van der Waals surface area contributed by atoms with E-state index in [4.69, 9.17) is 10.5 Å². The highest BCUT2D eigenvalue weighted by molar-refractivity contribution is 5.08. The van der Waals surface area contributed by atoms with Gasteiger partial charge in [-0.15, -0.1) is 10.2 Å². The Kier molecular flexibility index (Phi) is 2.65. The Balaban J connectivity index is 1.92. The number of hydrogen-bond donors (Lipinski definition) is 1. The third-order valence-electron chi connectivity index (χ3n) is 3.59. The van der Waals surface area contributed by atoms with Crippen molar-refractivity contribution < 1.29 is 4.74 Å². The van der Waals surface area contributed by atoms with Gasteiger partial charge in [-0.25, -0.2) is 0 Å². The summed E-state index contributed by atoms with van der Waals surface area (Å²) in [7, 11) is 0. The maximum Gasteiger partial charge on any atom is 0.140 e. The average molecular weight is 222 g/mol. The highest BCUT2D eigenvalue weighted by Gasteiger charge is 2.31. The molecule has 1 saturated heterocycles. The molecule has 0 aliphatic carbocycles. The highest BCUT2D eigenvalue weighted by Crippen LogP contribution is 2.25. The molecule has 1 fully saturated rings. The summed E-state index contributed by atoms with van der Waals surface area (Å²) in [4.78, 5) is 0. The van der Waals surface area contributed by atoms with Crippen LogP contribution in [0.2, 0.25) is 0 Å². The van der Waals surface area contributed by atoms with Crippen molar-refractivity contribution in [3.05, 3.63) is 11.6 Å². The molecule has 1 aromatic rings. The zero-order chi connectivity index (χ0) is 11.0. The molecule has 0 amide bonds. The van der Waals surface area contributed by atoms with Crippen molar-refractivity contribution in [2.45, 2.75) is 44.2 Å². The van der Waals surface area contributed by atoms with E-state index in [2.05, 4.69) is 14.8 Å². The Morgan fingerprint density at radius 2 is 2.12 bits per heavy atom. The van der Waals surface area contributed by atoms with Gasteiger partial charge in [0, 0.05) is 19.0 Å². The van der Waals surface area contributed by atoms with Crippen LogP contribution < -0.4 is 5.73 Å². The van der Waals surface area contributed by atoms with E-state index in [0.29, 0.717) is 13.2 Å². The maximum absolute atomic E-state index is 6.04. The molecule has 2 atom stereocenters. The Bertz CT molecular complexity index is 376. The van der Waals surface area contributed by atoms with Gasteiger partial charge in [-0.3, -0.25) is 0 Å². The van der Waals surface area contributed by atoms with Crippen molar-refractivity contribution in [2.24, 2.45) is 5.73 Å². The molecule has 16 heavy (non-hydrogen) atoms. The predicted molar refractivity (Wildman–Crippen MR) is 59.1 cm³/mol. The molecule has 88 valence electrons. The van der Waals surface area contributed by atoms with Gasteiger partial charge in [0.25, 0.3) is 0 Å². The molecule has 2 aliphatic heterocycles. The van der Waals surface area contributed by atoms with Crippen LogP contribution in [0.3, 0.4) is 0 Å². The van der Waals surface area contributed by atoms with Gasteiger partial charge in [0.05, 0.1) is 19.1 Å². The van der Waals surface area contributed by atoms with Crippen LogP contribution in [0.15, 0.2) is 0 Å². The second-order valence-corrected chi connectivity index (χ2v) is 4.74. The minimum atomic E-state index is 0.0801. The fourth-order valence-electron chi connectivity index (χ4n) is 2.62. The lowest BCUT2D eigenvalue weighted by atomic mass is 10.0. The van der Waals surface area contributed by atoms with Crippen LogP contribution in [-0.4, -0.2) is 34.0 Å². The number of aromatic nitrogens is 3. The number of hydrogen-bond acceptors (Lipinski definition) is 4. The van der Waals surface area contributed by atoms with Crippen LogP contribution in [0, 0.1) is 0 Å². The van der Waals surface area contributed by atoms with Crippen molar-refractivity contribution in [3.8, 4) is 0 Å². The molecule has 3 heterocycles. The lowest BCUT2D eigenvalue weighted by Gasteiger charge is -2.14. The first-order valence-electron chi connectivity index (χ1n) is 6.11. The topological polar surface area (TPSA) is 66.0 Å². The molecule has 2 aliphatic rings. The van der Waals surface area contributed by atoms with Gasteiger partial charge in [0.2, 0.25) is 0 Å². The Labute approximate surface area is 95.0 Å². The van der Waals surface area contributed by atoms with Gasteiger partial charge < -0.3 is 15.0 Å². The standard InChI is InChI=1S/C11H18N4O/c12-9-7-16-6-8(9)11-14-13-10-4-2-1-3-5-15(10)11/h8-9H,1-7,12H2. The molecule has 2 unspecified atom stereocenters. The SMILES string of the molecule is NC1COCC1c1nnc2n1CCCCC2. The van der Waals surface area contributed by atoms with Gasteiger partial charge in [-0.2, -0.15) is 0 Å². The van der Waals surface area contributed by atoms with Crippen LogP contribution in [0.25, 0.3) is 0 Å². The van der Waals surface area contributed by atoms with E-state index in [1.165, 1.54) is 19.3 Å². The maximum atomic E-state index is 6.04. The third kappa shape index (κ3) is 1.64. The van der Waals surface area contributed by atoms with E-state index in [0.717, 1.165) is 24.6 Å². The Morgan fingerprint density at radius 3 is 2.94 bits per heavy atom. The number of nitrogens with two attached hydrogens (primary N) is 1. The molecular weight excluding hydrogens is 204 g/mol. The number of rotatable bonds is 1. The second kappa shape index (κ2) is 4.14. The molecule has 0 bridgehead atoms. The minimum Gasteiger partial charge on any atom is -0.379 e. The molecule has 5 nitrogen and oxygen atoms in total. The summed E-state index contributed by atoms with van der Waals surface area (Å²) in [5.74, 6) is 2.41. The van der Waals surface area contributed by atoms with Gasteiger partial charge in [-0.05, 0) is 12.8 Å². The summed E-state index contributed by atoms with van der Waals surface area (Å²) in [5, 5.41) is 8.62. The molecule has 0 radical (unpaired) electrons. The lowest BCUT2D eigenvalue weighted by molar-refractivity contribution is 0.190. The summed E-state index contributed by atoms with van der Waals surface area (Å²) in [6, 6.07) is 0.0801. The van der Waals surface area contributed by atoms with Crippen LogP contribution in [0.5, 0.6) is 0 Å². The monoisotopic (exact) mass is 222 g/mol. The van der Waals surface area contributed by atoms with E-state index >= 15 is 0 Å². The minimum absolute atomic E-state index is 0.0801. The van der Waals surface area contributed by atoms with Gasteiger partial charge in [0.15, 0.2) is 0 Å². The molecular formula is C11H18N4O. The number of aryl methyl sites for hydroxylation is 1. The van der Waals surface area contributed by atoms with Crippen molar-refractivity contribution in [3.63, 3.8) is 0 Å². The summed E-state index contributed by atoms with van der Waals surface area (Å²) >= 11 is 0. The molecule has 0 spiro atoms. The molecule has 5 heteroatoms. The molecule has 2 N–H and O–H groups in total. The summed E-state index contributed by atoms with van der Waals surface area (Å²) in [6.45, 7) is 2.38. The van der Waals surface area contributed by atoms with Crippen molar-refractivity contribution >= 4 is 0 Å². The molecule has 0 saturated carbocycles. The number of ether oxygens (including phenoxy) is 1. The van der Waals surface area contributed by atoms with Gasteiger partial charge in [0.1, 0.15) is 11.6 Å². The first kappa shape index (κ1) is 10.2. The largest absolute Gasteiger partial charge is 0.379 e. The summed E-state index contributed by atoms with van der Waals surface area (Å²) < 4.78 is 7.68. The van der Waals surface area contributed by atoms with E-state index < -0.39 is 0 Å². The highest BCUT2D eigenvalue weighted by atomic mass is 16.5. The zero-order valence-electron chi connectivity index (χ0n) is 9.43. The third-order valence-corrected chi connectivity index (χ3v) is 3.59. The lowest BCUT2D eigenvalue weighted by Crippen LogP contribution is -2.29. The van der Waals surface area contributed by atoms with Crippen molar-refractivity contribution in [1.82, 2.24) is 14.8 Å². The average Bonchev–Trinajstić information content (AvgIpc) is 2.78. The normalized spacial score (nSPS) is 30.1. The smallest absolute Gasteiger partial charge is 0.140 e. The Hall–Kier alpha value is -0.940. The van der Waals surface area contributed by atoms with Crippen LogP contribution in [0.1, 0.15) is 36.8 Å². The van der Waals surface area contributed by atoms with Crippen LogP contribution >= 0.6 is 0 Å². The molecule has 0 aromatic carbocycles. The predicted octanol–water partition coefficient (Wildman–Crippen LogP) is 0.446. The van der Waals surface area contributed by atoms with E-state index in [-0.39, 0.29) is 12.0 Å². The van der Waals surface area contributed by atoms with Crippen LogP contribution in [-0.2, 0) is 17.7 Å². The second-order valence-electron chi connectivity index (χ2n) is 4.74. The quantitative estimate of drug-likeness (QED) is 0.749. The van der Waals surface area contributed by atoms with E-state index in [1.807, 2.05) is 0 Å². The van der Waals surface area contributed by atoms with Gasteiger partial charge >= 0.3 is 0 Å².